The smallest absolute Gasteiger partial charge is 0.367 e. The van der Waals surface area contributed by atoms with Gasteiger partial charge in [0, 0.05) is 48.2 Å². The number of hydrogen-bond acceptors (Lipinski definition) is 6. The lowest BCUT2D eigenvalue weighted by Gasteiger charge is -2.41. The van der Waals surface area contributed by atoms with Crippen molar-refractivity contribution in [2.75, 3.05) is 18.0 Å². The molecular weight excluding hydrogens is 483 g/mol. The zero-order valence-corrected chi connectivity index (χ0v) is 19.5. The molecule has 4 heterocycles. The van der Waals surface area contributed by atoms with Crippen LogP contribution in [0.4, 0.5) is 18.9 Å². The first-order valence-corrected chi connectivity index (χ1v) is 11.6. The SMILES string of the molecule is C[C@H]1C[C@@H](C(=O)N2CCn3c(nnc3C(F)(F)F)C2)CCN1c1c(C#N)cnc2ccc(Cl)cc12. The number of fused-ring (bicyclic) bond motifs is 2. The second-order valence-corrected chi connectivity index (χ2v) is 9.34. The van der Waals surface area contributed by atoms with Crippen molar-refractivity contribution in [3.05, 3.63) is 46.6 Å². The largest absolute Gasteiger partial charge is 0.451 e. The van der Waals surface area contributed by atoms with Gasteiger partial charge in [-0.15, -0.1) is 10.2 Å². The number of rotatable bonds is 2. The molecule has 8 nitrogen and oxygen atoms in total. The van der Waals surface area contributed by atoms with Crippen LogP contribution in [0.1, 0.15) is 37.0 Å². The maximum absolute atomic E-state index is 13.3. The zero-order chi connectivity index (χ0) is 24.9. The van der Waals surface area contributed by atoms with Gasteiger partial charge in [0.15, 0.2) is 5.82 Å². The third-order valence-corrected chi connectivity index (χ3v) is 6.99. The van der Waals surface area contributed by atoms with Crippen molar-refractivity contribution < 1.29 is 18.0 Å². The molecule has 0 N–H and O–H groups in total. The van der Waals surface area contributed by atoms with Crippen molar-refractivity contribution in [2.45, 2.75) is 45.1 Å². The molecule has 12 heteroatoms. The van der Waals surface area contributed by atoms with Gasteiger partial charge >= 0.3 is 6.18 Å². The van der Waals surface area contributed by atoms with Crippen LogP contribution < -0.4 is 4.90 Å². The van der Waals surface area contributed by atoms with Gasteiger partial charge in [0.2, 0.25) is 11.7 Å². The summed E-state index contributed by atoms with van der Waals surface area (Å²) in [6, 6.07) is 7.51. The average Bonchev–Trinajstić information content (AvgIpc) is 3.27. The number of amides is 1. The highest BCUT2D eigenvalue weighted by molar-refractivity contribution is 6.31. The maximum atomic E-state index is 13.3. The molecule has 0 bridgehead atoms. The number of hydrogen-bond donors (Lipinski definition) is 0. The van der Waals surface area contributed by atoms with E-state index in [4.69, 9.17) is 11.6 Å². The van der Waals surface area contributed by atoms with Crippen LogP contribution in [0.15, 0.2) is 24.4 Å². The number of carbonyl (C=O) groups excluding carboxylic acids is 1. The molecule has 5 rings (SSSR count). The number of aromatic nitrogens is 4. The Morgan fingerprint density at radius 3 is 2.74 bits per heavy atom. The third kappa shape index (κ3) is 4.16. The molecule has 2 atom stereocenters. The average molecular weight is 504 g/mol. The molecule has 0 aliphatic carbocycles. The van der Waals surface area contributed by atoms with Crippen LogP contribution in [0.2, 0.25) is 5.02 Å². The summed E-state index contributed by atoms with van der Waals surface area (Å²) in [5, 5.41) is 18.0. The van der Waals surface area contributed by atoms with Crippen molar-refractivity contribution in [2.24, 2.45) is 5.92 Å². The highest BCUT2D eigenvalue weighted by atomic mass is 35.5. The number of carbonyl (C=O) groups is 1. The molecule has 2 aliphatic rings. The zero-order valence-electron chi connectivity index (χ0n) is 18.8. The number of benzene rings is 1. The number of anilines is 1. The van der Waals surface area contributed by atoms with E-state index in [-0.39, 0.29) is 43.3 Å². The lowest BCUT2D eigenvalue weighted by Crippen LogP contribution is -2.48. The topological polar surface area (TPSA) is 90.9 Å². The highest BCUT2D eigenvalue weighted by Crippen LogP contribution is 2.37. The normalized spacial score (nSPS) is 20.6. The summed E-state index contributed by atoms with van der Waals surface area (Å²) in [4.78, 5) is 21.3. The summed E-state index contributed by atoms with van der Waals surface area (Å²) in [5.74, 6) is -1.26. The van der Waals surface area contributed by atoms with Gasteiger partial charge in [-0.25, -0.2) is 0 Å². The van der Waals surface area contributed by atoms with E-state index in [9.17, 15) is 23.2 Å². The molecule has 0 saturated carbocycles. The molecule has 35 heavy (non-hydrogen) atoms. The Hall–Kier alpha value is -3.39. The van der Waals surface area contributed by atoms with Crippen LogP contribution >= 0.6 is 11.6 Å². The van der Waals surface area contributed by atoms with E-state index in [0.717, 1.165) is 21.2 Å². The monoisotopic (exact) mass is 503 g/mol. The molecule has 1 fully saturated rings. The lowest BCUT2D eigenvalue weighted by molar-refractivity contribution is -0.148. The van der Waals surface area contributed by atoms with E-state index in [2.05, 4.69) is 26.2 Å². The second-order valence-electron chi connectivity index (χ2n) is 8.91. The summed E-state index contributed by atoms with van der Waals surface area (Å²) in [7, 11) is 0. The Bertz CT molecular complexity index is 1350. The minimum atomic E-state index is -4.58. The van der Waals surface area contributed by atoms with E-state index in [1.165, 1.54) is 0 Å². The number of pyridine rings is 1. The van der Waals surface area contributed by atoms with Crippen molar-refractivity contribution in [1.82, 2.24) is 24.6 Å². The van der Waals surface area contributed by atoms with Crippen LogP contribution in [0.5, 0.6) is 0 Å². The molecular formula is C23H21ClF3N7O. The highest BCUT2D eigenvalue weighted by Gasteiger charge is 2.41. The van der Waals surface area contributed by atoms with E-state index in [0.29, 0.717) is 30.0 Å². The molecule has 2 aliphatic heterocycles. The van der Waals surface area contributed by atoms with Gasteiger partial charge < -0.3 is 14.4 Å². The summed E-state index contributed by atoms with van der Waals surface area (Å²) in [6.07, 6.45) is -1.93. The van der Waals surface area contributed by atoms with Gasteiger partial charge in [0.25, 0.3) is 0 Å². The lowest BCUT2D eigenvalue weighted by atomic mass is 9.89. The first kappa shape index (κ1) is 23.4. The first-order chi connectivity index (χ1) is 16.7. The number of halogens is 4. The number of nitrogens with zero attached hydrogens (tertiary/aromatic N) is 7. The van der Waals surface area contributed by atoms with E-state index < -0.39 is 12.0 Å². The fourth-order valence-corrected chi connectivity index (χ4v) is 5.26. The van der Waals surface area contributed by atoms with Gasteiger partial charge in [-0.2, -0.15) is 18.4 Å². The van der Waals surface area contributed by atoms with E-state index in [1.807, 2.05) is 13.0 Å². The third-order valence-electron chi connectivity index (χ3n) is 6.75. The van der Waals surface area contributed by atoms with Crippen LogP contribution in [0, 0.1) is 17.2 Å². The summed E-state index contributed by atoms with van der Waals surface area (Å²) in [6.45, 7) is 2.72. The van der Waals surface area contributed by atoms with Gasteiger partial charge in [-0.05, 0) is 38.0 Å². The van der Waals surface area contributed by atoms with Crippen molar-refractivity contribution in [3.63, 3.8) is 0 Å². The Morgan fingerprint density at radius 1 is 1.23 bits per heavy atom. The molecule has 2 aromatic heterocycles. The first-order valence-electron chi connectivity index (χ1n) is 11.2. The Labute approximate surface area is 203 Å². The van der Waals surface area contributed by atoms with Crippen LogP contribution in [0.3, 0.4) is 0 Å². The predicted octanol–water partition coefficient (Wildman–Crippen LogP) is 4.02. The molecule has 182 valence electrons. The molecule has 0 spiro atoms. The summed E-state index contributed by atoms with van der Waals surface area (Å²) in [5.41, 5.74) is 1.92. The van der Waals surface area contributed by atoms with Gasteiger partial charge in [-0.3, -0.25) is 9.78 Å². The Balaban J connectivity index is 1.34. The van der Waals surface area contributed by atoms with Crippen molar-refractivity contribution >= 4 is 34.1 Å². The standard InChI is InChI=1S/C23H21ClF3N7O/c1-13-8-14(21(35)32-6-7-34-19(12-32)30-31-22(34)23(25,26)27)4-5-33(13)20-15(10-28)11-29-18-3-2-16(24)9-17(18)20/h2-3,9,11,13-14H,4-8,12H2,1H3/t13-,14-/m0/s1. The van der Waals surface area contributed by atoms with Crippen molar-refractivity contribution in [3.8, 4) is 6.07 Å². The maximum Gasteiger partial charge on any atom is 0.451 e. The Kier molecular flexibility index (Phi) is 5.79. The molecule has 1 amide bonds. The number of nitriles is 1. The van der Waals surface area contributed by atoms with E-state index >= 15 is 0 Å². The van der Waals surface area contributed by atoms with E-state index in [1.54, 1.807) is 23.2 Å². The van der Waals surface area contributed by atoms with Crippen LogP contribution in [-0.4, -0.2) is 49.7 Å². The predicted molar refractivity (Wildman–Crippen MR) is 121 cm³/mol. The van der Waals surface area contributed by atoms with Crippen LogP contribution in [-0.2, 0) is 24.1 Å². The fourth-order valence-electron chi connectivity index (χ4n) is 5.08. The molecule has 0 unspecified atom stereocenters. The van der Waals surface area contributed by atoms with Gasteiger partial charge in [0.1, 0.15) is 6.07 Å². The molecule has 1 saturated heterocycles. The molecule has 3 aromatic rings. The summed E-state index contributed by atoms with van der Waals surface area (Å²) >= 11 is 6.22. The van der Waals surface area contributed by atoms with Crippen molar-refractivity contribution in [1.29, 1.82) is 5.26 Å². The molecule has 0 radical (unpaired) electrons. The Morgan fingerprint density at radius 2 is 2.03 bits per heavy atom. The molecule has 1 aromatic carbocycles. The van der Waals surface area contributed by atoms with Gasteiger partial charge in [0.05, 0.1) is 23.3 Å². The fraction of sp³-hybridized carbons (Fsp3) is 0.435. The number of piperidine rings is 1. The summed E-state index contributed by atoms with van der Waals surface area (Å²) < 4.78 is 40.4. The number of alkyl halides is 3. The van der Waals surface area contributed by atoms with Crippen LogP contribution in [0.25, 0.3) is 10.9 Å². The minimum Gasteiger partial charge on any atom is -0.367 e. The minimum absolute atomic E-state index is 0.00256. The van der Waals surface area contributed by atoms with Gasteiger partial charge in [-0.1, -0.05) is 11.6 Å². The second kappa shape index (κ2) is 8.68. The quantitative estimate of drug-likeness (QED) is 0.524.